The van der Waals surface area contributed by atoms with Crippen molar-refractivity contribution in [2.45, 2.75) is 0 Å². The van der Waals surface area contributed by atoms with Crippen LogP contribution in [0.15, 0.2) is 23.2 Å². The first-order chi connectivity index (χ1) is 7.04. The molecule has 2 radical (unpaired) electrons. The molecule has 1 aromatic carbocycles. The fourth-order valence-electron chi connectivity index (χ4n) is 0.904. The van der Waals surface area contributed by atoms with Crippen LogP contribution in [0.25, 0.3) is 0 Å². The van der Waals surface area contributed by atoms with E-state index in [-0.39, 0.29) is 11.2 Å². The number of carbonyl (C=O) groups is 1. The van der Waals surface area contributed by atoms with E-state index in [0.29, 0.717) is 0 Å². The number of ether oxygens (including phenoxy) is 1. The molecule has 0 aliphatic heterocycles. The number of carboxylic acid groups (broad SMARTS) is 1. The van der Waals surface area contributed by atoms with Crippen LogP contribution in [0.5, 0.6) is 0 Å². The number of methoxy groups -OCH3 is 1. The predicted octanol–water partition coefficient (Wildman–Crippen LogP) is 0.381. The second-order valence-corrected chi connectivity index (χ2v) is 2.64. The van der Waals surface area contributed by atoms with Crippen molar-refractivity contribution in [2.75, 3.05) is 7.11 Å². The van der Waals surface area contributed by atoms with Gasteiger partial charge in [-0.3, -0.25) is 0 Å². The zero-order valence-electron chi connectivity index (χ0n) is 7.90. The minimum atomic E-state index is -1.37. The van der Waals surface area contributed by atoms with Crippen molar-refractivity contribution < 1.29 is 19.0 Å². The topological polar surface area (TPSA) is 58.9 Å². The molecule has 1 N–H and O–H groups in total. The van der Waals surface area contributed by atoms with Gasteiger partial charge in [0, 0.05) is 0 Å². The maximum atomic E-state index is 13.2. The Bertz CT molecular complexity index is 420. The molecule has 0 spiro atoms. The summed E-state index contributed by atoms with van der Waals surface area (Å²) in [5, 5.41) is 8.58. The van der Waals surface area contributed by atoms with E-state index >= 15 is 0 Å². The van der Waals surface area contributed by atoms with Gasteiger partial charge in [0.2, 0.25) is 0 Å². The van der Waals surface area contributed by atoms with E-state index in [2.05, 4.69) is 9.73 Å². The monoisotopic (exact) mass is 207 g/mol. The minimum Gasteiger partial charge on any atom is -0.476 e. The molecular weight excluding hydrogens is 200 g/mol. The number of rotatable bonds is 1. The summed E-state index contributed by atoms with van der Waals surface area (Å²) in [5.41, 5.74) is 0.101. The van der Waals surface area contributed by atoms with Crippen LogP contribution >= 0.6 is 0 Å². The van der Waals surface area contributed by atoms with E-state index in [4.69, 9.17) is 13.0 Å². The minimum absolute atomic E-state index is 0.136. The third-order valence-corrected chi connectivity index (χ3v) is 1.57. The maximum Gasteiger partial charge on any atom is 0.391 e. The summed E-state index contributed by atoms with van der Waals surface area (Å²) in [6.45, 7) is 0. The summed E-state index contributed by atoms with van der Waals surface area (Å²) in [7, 11) is 6.46. The Balaban J connectivity index is 3.12. The molecule has 0 saturated heterocycles. The van der Waals surface area contributed by atoms with Gasteiger partial charge < -0.3 is 9.84 Å². The van der Waals surface area contributed by atoms with Gasteiger partial charge in [0.1, 0.15) is 19.4 Å². The Hall–Kier alpha value is -1.85. The summed E-state index contributed by atoms with van der Waals surface area (Å²) < 4.78 is 17.6. The number of carboxylic acids is 1. The summed E-state index contributed by atoms with van der Waals surface area (Å²) in [5.74, 6) is -2.65. The second kappa shape index (κ2) is 4.59. The number of hydrogen-bond donors (Lipinski definition) is 1. The van der Waals surface area contributed by atoms with Crippen LogP contribution in [0, 0.1) is 5.82 Å². The average Bonchev–Trinajstić information content (AvgIpc) is 2.16. The molecule has 0 fully saturated rings. The molecule has 0 bridgehead atoms. The van der Waals surface area contributed by atoms with Gasteiger partial charge >= 0.3 is 11.9 Å². The van der Waals surface area contributed by atoms with Gasteiger partial charge in [-0.25, -0.2) is 14.2 Å². The normalized spacial score (nSPS) is 11.2. The van der Waals surface area contributed by atoms with Gasteiger partial charge in [-0.1, -0.05) is 11.5 Å². The largest absolute Gasteiger partial charge is 0.476 e. The smallest absolute Gasteiger partial charge is 0.391 e. The molecule has 1 aromatic rings. The first-order valence-electron chi connectivity index (χ1n) is 3.95. The fraction of sp³-hybridized carbons (Fsp3) is 0.111. The molecule has 0 unspecified atom stereocenters. The van der Waals surface area contributed by atoms with Crippen molar-refractivity contribution in [2.24, 2.45) is 4.99 Å². The van der Waals surface area contributed by atoms with Gasteiger partial charge in [0.25, 0.3) is 0 Å². The lowest BCUT2D eigenvalue weighted by Crippen LogP contribution is -2.14. The third-order valence-electron chi connectivity index (χ3n) is 1.57. The quantitative estimate of drug-likeness (QED) is 0.411. The van der Waals surface area contributed by atoms with E-state index in [9.17, 15) is 9.18 Å². The Morgan fingerprint density at radius 1 is 1.60 bits per heavy atom. The van der Waals surface area contributed by atoms with Crippen molar-refractivity contribution >= 4 is 30.9 Å². The van der Waals surface area contributed by atoms with Gasteiger partial charge in [0.15, 0.2) is 0 Å². The summed E-state index contributed by atoms with van der Waals surface area (Å²) in [4.78, 5) is 14.0. The lowest BCUT2D eigenvalue weighted by atomic mass is 9.96. The zero-order chi connectivity index (χ0) is 11.4. The Kier molecular flexibility index (Phi) is 3.44. The van der Waals surface area contributed by atoms with Crippen molar-refractivity contribution in [3.63, 3.8) is 0 Å². The summed E-state index contributed by atoms with van der Waals surface area (Å²) in [6.07, 6.45) is 0. The molecule has 0 heterocycles. The first-order valence-corrected chi connectivity index (χ1v) is 3.95. The number of benzene rings is 1. The first kappa shape index (κ1) is 11.2. The molecule has 15 heavy (non-hydrogen) atoms. The van der Waals surface area contributed by atoms with Crippen LogP contribution in [0.4, 0.5) is 10.1 Å². The standard InChI is InChI=1S/C9H7BFNO3/c1-15-8(9(13)14)12-7-3-2-5(10)4-6(7)11/h2-4H,1H3,(H,13,14). The number of halogens is 1. The molecule has 1 rings (SSSR count). The lowest BCUT2D eigenvalue weighted by Gasteiger charge is -2.01. The highest BCUT2D eigenvalue weighted by Gasteiger charge is 2.10. The SMILES string of the molecule is [B]c1ccc(N=C(OC)C(=O)O)c(F)c1. The maximum absolute atomic E-state index is 13.2. The van der Waals surface area contributed by atoms with E-state index in [1.165, 1.54) is 12.1 Å². The summed E-state index contributed by atoms with van der Waals surface area (Å²) in [6, 6.07) is 3.73. The Morgan fingerprint density at radius 2 is 2.27 bits per heavy atom. The van der Waals surface area contributed by atoms with Crippen LogP contribution in [0.3, 0.4) is 0 Å². The van der Waals surface area contributed by atoms with Crippen molar-refractivity contribution in [3.8, 4) is 0 Å². The van der Waals surface area contributed by atoms with Crippen LogP contribution in [0.1, 0.15) is 0 Å². The summed E-state index contributed by atoms with van der Waals surface area (Å²) >= 11 is 0. The highest BCUT2D eigenvalue weighted by Crippen LogP contribution is 2.15. The molecule has 76 valence electrons. The van der Waals surface area contributed by atoms with Gasteiger partial charge in [-0.05, 0) is 12.1 Å². The molecule has 0 saturated carbocycles. The van der Waals surface area contributed by atoms with E-state index < -0.39 is 17.7 Å². The van der Waals surface area contributed by atoms with Crippen LogP contribution in [-0.4, -0.2) is 31.9 Å². The van der Waals surface area contributed by atoms with Crippen LogP contribution in [0.2, 0.25) is 0 Å². The molecule has 0 aliphatic rings. The van der Waals surface area contributed by atoms with E-state index in [0.717, 1.165) is 13.2 Å². The fourth-order valence-corrected chi connectivity index (χ4v) is 0.904. The predicted molar refractivity (Wildman–Crippen MR) is 53.5 cm³/mol. The second-order valence-electron chi connectivity index (χ2n) is 2.64. The van der Waals surface area contributed by atoms with Crippen molar-refractivity contribution in [1.82, 2.24) is 0 Å². The number of hydrogen-bond acceptors (Lipinski definition) is 3. The van der Waals surface area contributed by atoms with Crippen molar-refractivity contribution in [1.29, 1.82) is 0 Å². The zero-order valence-corrected chi connectivity index (χ0v) is 7.90. The average molecular weight is 207 g/mol. The van der Waals surface area contributed by atoms with Gasteiger partial charge in [-0.2, -0.15) is 0 Å². The highest BCUT2D eigenvalue weighted by atomic mass is 19.1. The molecule has 4 nitrogen and oxygen atoms in total. The van der Waals surface area contributed by atoms with E-state index in [1.807, 2.05) is 0 Å². The molecule has 0 aliphatic carbocycles. The van der Waals surface area contributed by atoms with Crippen LogP contribution < -0.4 is 5.46 Å². The lowest BCUT2D eigenvalue weighted by molar-refractivity contribution is -0.130. The molecule has 6 heteroatoms. The molecule has 0 amide bonds. The molecule has 0 atom stereocenters. The third kappa shape index (κ3) is 2.80. The number of aliphatic carboxylic acids is 1. The van der Waals surface area contributed by atoms with Gasteiger partial charge in [0.05, 0.1) is 7.11 Å². The highest BCUT2D eigenvalue weighted by molar-refractivity contribution is 6.33. The molecular formula is C9H7BFNO3. The number of nitrogens with zero attached hydrogens (tertiary/aromatic N) is 1. The number of aliphatic imine (C=N–C) groups is 1. The molecule has 0 aromatic heterocycles. The Labute approximate surface area is 86.8 Å². The Morgan fingerprint density at radius 3 is 2.73 bits per heavy atom. The van der Waals surface area contributed by atoms with E-state index in [1.54, 1.807) is 0 Å². The van der Waals surface area contributed by atoms with Crippen molar-refractivity contribution in [3.05, 3.63) is 24.0 Å². The van der Waals surface area contributed by atoms with Gasteiger partial charge in [-0.15, -0.1) is 0 Å². The van der Waals surface area contributed by atoms with Crippen LogP contribution in [-0.2, 0) is 9.53 Å².